The van der Waals surface area contributed by atoms with Crippen molar-refractivity contribution >= 4 is 16.6 Å². The van der Waals surface area contributed by atoms with Gasteiger partial charge in [-0.1, -0.05) is 6.92 Å². The Bertz CT molecular complexity index is 659. The third-order valence-corrected chi connectivity index (χ3v) is 4.06. The molecule has 1 fully saturated rings. The first kappa shape index (κ1) is 14.1. The van der Waals surface area contributed by atoms with E-state index >= 15 is 0 Å². The van der Waals surface area contributed by atoms with Crippen LogP contribution in [-0.2, 0) is 6.18 Å². The highest BCUT2D eigenvalue weighted by Crippen LogP contribution is 2.38. The molecule has 2 aromatic rings. The van der Waals surface area contributed by atoms with Crippen molar-refractivity contribution in [3.05, 3.63) is 36.0 Å². The van der Waals surface area contributed by atoms with Crippen molar-refractivity contribution in [1.82, 2.24) is 4.98 Å². The summed E-state index contributed by atoms with van der Waals surface area (Å²) in [5.74, 6) is 0.319. The third-order valence-electron chi connectivity index (χ3n) is 4.06. The Morgan fingerprint density at radius 1 is 1.24 bits per heavy atom. The number of benzene rings is 1. The zero-order chi connectivity index (χ0) is 15.2. The van der Waals surface area contributed by atoms with Crippen molar-refractivity contribution in [2.24, 2.45) is 11.7 Å². The number of nitrogens with zero attached hydrogens (tertiary/aromatic N) is 2. The number of anilines is 1. The molecule has 0 bridgehead atoms. The Kier molecular flexibility index (Phi) is 3.28. The predicted octanol–water partition coefficient (Wildman–Crippen LogP) is 3.04. The first-order chi connectivity index (χ1) is 9.88. The van der Waals surface area contributed by atoms with Gasteiger partial charge in [-0.15, -0.1) is 0 Å². The molecule has 1 aromatic carbocycles. The first-order valence-corrected chi connectivity index (χ1v) is 6.83. The summed E-state index contributed by atoms with van der Waals surface area (Å²) in [6.07, 6.45) is -3.01. The maximum atomic E-state index is 13.1. The molecule has 0 aliphatic carbocycles. The van der Waals surface area contributed by atoms with E-state index < -0.39 is 11.7 Å². The fourth-order valence-corrected chi connectivity index (χ4v) is 2.85. The maximum absolute atomic E-state index is 13.1. The van der Waals surface area contributed by atoms with Gasteiger partial charge in [-0.2, -0.15) is 13.2 Å². The number of aromatic nitrogens is 1. The zero-order valence-electron chi connectivity index (χ0n) is 11.6. The molecule has 3 rings (SSSR count). The zero-order valence-corrected chi connectivity index (χ0v) is 11.6. The van der Waals surface area contributed by atoms with Crippen LogP contribution in [0.5, 0.6) is 0 Å². The lowest BCUT2D eigenvalue weighted by Gasteiger charge is -2.21. The summed E-state index contributed by atoms with van der Waals surface area (Å²) in [5.41, 5.74) is 6.08. The lowest BCUT2D eigenvalue weighted by molar-refractivity contribution is -0.136. The van der Waals surface area contributed by atoms with Gasteiger partial charge in [0.15, 0.2) is 0 Å². The summed E-state index contributed by atoms with van der Waals surface area (Å²) < 4.78 is 39.2. The van der Waals surface area contributed by atoms with Crippen LogP contribution in [0.3, 0.4) is 0 Å². The van der Waals surface area contributed by atoms with Gasteiger partial charge in [0.05, 0.1) is 11.1 Å². The van der Waals surface area contributed by atoms with Gasteiger partial charge in [-0.3, -0.25) is 4.98 Å². The van der Waals surface area contributed by atoms with Gasteiger partial charge < -0.3 is 10.6 Å². The molecule has 2 atom stereocenters. The van der Waals surface area contributed by atoms with Crippen molar-refractivity contribution in [3.63, 3.8) is 0 Å². The number of rotatable bonds is 1. The van der Waals surface area contributed by atoms with Crippen molar-refractivity contribution < 1.29 is 13.2 Å². The molecule has 2 heterocycles. The molecule has 112 valence electrons. The maximum Gasteiger partial charge on any atom is 0.418 e. The highest BCUT2D eigenvalue weighted by molar-refractivity contribution is 5.94. The summed E-state index contributed by atoms with van der Waals surface area (Å²) in [6, 6.07) is 6.02. The molecule has 1 saturated heterocycles. The van der Waals surface area contributed by atoms with E-state index in [1.807, 2.05) is 4.90 Å². The minimum absolute atomic E-state index is 0.00405. The van der Waals surface area contributed by atoms with Crippen molar-refractivity contribution in [1.29, 1.82) is 0 Å². The molecule has 0 saturated carbocycles. The van der Waals surface area contributed by atoms with Crippen LogP contribution in [0.25, 0.3) is 10.9 Å². The van der Waals surface area contributed by atoms with E-state index in [2.05, 4.69) is 11.9 Å². The average Bonchev–Trinajstić information content (AvgIpc) is 2.76. The molecule has 1 aliphatic heterocycles. The van der Waals surface area contributed by atoms with Gasteiger partial charge in [0, 0.05) is 36.4 Å². The third kappa shape index (κ3) is 2.44. The quantitative estimate of drug-likeness (QED) is 0.879. The van der Waals surface area contributed by atoms with E-state index in [-0.39, 0.29) is 11.6 Å². The van der Waals surface area contributed by atoms with Crippen molar-refractivity contribution in [2.75, 3.05) is 18.0 Å². The first-order valence-electron chi connectivity index (χ1n) is 6.83. The standard InChI is InChI=1S/C15H16F3N3/c1-9-7-21(8-12(9)19)13-5-4-11(15(16,17)18)14-10(13)3-2-6-20-14/h2-6,9,12H,7-8,19H2,1H3/t9-,12+/m1/s1. The van der Waals surface area contributed by atoms with Crippen molar-refractivity contribution in [2.45, 2.75) is 19.1 Å². The van der Waals surface area contributed by atoms with E-state index in [9.17, 15) is 13.2 Å². The van der Waals surface area contributed by atoms with E-state index in [1.54, 1.807) is 12.1 Å². The Hall–Kier alpha value is -1.82. The number of hydrogen-bond acceptors (Lipinski definition) is 3. The molecule has 0 unspecified atom stereocenters. The Morgan fingerprint density at radius 3 is 2.62 bits per heavy atom. The largest absolute Gasteiger partial charge is 0.418 e. The number of nitrogens with two attached hydrogens (primary N) is 1. The van der Waals surface area contributed by atoms with Gasteiger partial charge in [0.1, 0.15) is 0 Å². The van der Waals surface area contributed by atoms with E-state index in [0.29, 0.717) is 17.8 Å². The summed E-state index contributed by atoms with van der Waals surface area (Å²) in [5, 5.41) is 0.522. The molecular formula is C15H16F3N3. The fourth-order valence-electron chi connectivity index (χ4n) is 2.85. The summed E-state index contributed by atoms with van der Waals surface area (Å²) in [4.78, 5) is 5.98. The minimum Gasteiger partial charge on any atom is -0.369 e. The van der Waals surface area contributed by atoms with E-state index in [4.69, 9.17) is 5.73 Å². The average molecular weight is 295 g/mol. The molecule has 21 heavy (non-hydrogen) atoms. The van der Waals surface area contributed by atoms with Gasteiger partial charge in [-0.25, -0.2) is 0 Å². The highest BCUT2D eigenvalue weighted by atomic mass is 19.4. The number of fused-ring (bicyclic) bond motifs is 1. The number of halogens is 3. The number of hydrogen-bond donors (Lipinski definition) is 1. The summed E-state index contributed by atoms with van der Waals surface area (Å²) >= 11 is 0. The SMILES string of the molecule is C[C@@H]1CN(c2ccc(C(F)(F)F)c3ncccc23)C[C@@H]1N. The van der Waals surface area contributed by atoms with Gasteiger partial charge in [0.25, 0.3) is 0 Å². The molecular weight excluding hydrogens is 279 g/mol. The molecule has 0 amide bonds. The van der Waals surface area contributed by atoms with Crippen LogP contribution < -0.4 is 10.6 Å². The fraction of sp³-hybridized carbons (Fsp3) is 0.400. The second kappa shape index (κ2) is 4.87. The van der Waals surface area contributed by atoms with Crippen LogP contribution >= 0.6 is 0 Å². The lowest BCUT2D eigenvalue weighted by Crippen LogP contribution is -2.28. The van der Waals surface area contributed by atoms with Crippen LogP contribution in [0.1, 0.15) is 12.5 Å². The van der Waals surface area contributed by atoms with Crippen LogP contribution in [0.4, 0.5) is 18.9 Å². The highest BCUT2D eigenvalue weighted by Gasteiger charge is 2.35. The summed E-state index contributed by atoms with van der Waals surface area (Å²) in [7, 11) is 0. The Labute approximate surface area is 120 Å². The predicted molar refractivity (Wildman–Crippen MR) is 76.1 cm³/mol. The van der Waals surface area contributed by atoms with Crippen LogP contribution in [0, 0.1) is 5.92 Å². The number of alkyl halides is 3. The molecule has 0 radical (unpaired) electrons. The van der Waals surface area contributed by atoms with Crippen LogP contribution in [-0.4, -0.2) is 24.1 Å². The lowest BCUT2D eigenvalue weighted by atomic mass is 10.1. The molecule has 6 heteroatoms. The number of pyridine rings is 1. The topological polar surface area (TPSA) is 42.2 Å². The minimum atomic E-state index is -4.40. The van der Waals surface area contributed by atoms with Crippen LogP contribution in [0.2, 0.25) is 0 Å². The van der Waals surface area contributed by atoms with Crippen LogP contribution in [0.15, 0.2) is 30.5 Å². The van der Waals surface area contributed by atoms with Gasteiger partial charge >= 0.3 is 6.18 Å². The second-order valence-corrected chi connectivity index (χ2v) is 5.58. The Balaban J connectivity index is 2.14. The smallest absolute Gasteiger partial charge is 0.369 e. The van der Waals surface area contributed by atoms with Crippen molar-refractivity contribution in [3.8, 4) is 0 Å². The molecule has 3 nitrogen and oxygen atoms in total. The molecule has 1 aliphatic rings. The second-order valence-electron chi connectivity index (χ2n) is 5.58. The van der Waals surface area contributed by atoms with E-state index in [0.717, 1.165) is 18.3 Å². The molecule has 1 aromatic heterocycles. The Morgan fingerprint density at radius 2 is 2.00 bits per heavy atom. The molecule has 0 spiro atoms. The van der Waals surface area contributed by atoms with Gasteiger partial charge in [-0.05, 0) is 30.2 Å². The summed E-state index contributed by atoms with van der Waals surface area (Å²) in [6.45, 7) is 3.45. The normalized spacial score (nSPS) is 23.0. The monoisotopic (exact) mass is 295 g/mol. The van der Waals surface area contributed by atoms with Gasteiger partial charge in [0.2, 0.25) is 0 Å². The van der Waals surface area contributed by atoms with E-state index in [1.165, 1.54) is 12.3 Å². The molecule has 2 N–H and O–H groups in total.